The van der Waals surface area contributed by atoms with E-state index in [2.05, 4.69) is 22.5 Å². The zero-order valence-corrected chi connectivity index (χ0v) is 13.1. The molecule has 2 N–H and O–H groups in total. The zero-order chi connectivity index (χ0) is 14.7. The molecule has 1 aromatic carbocycles. The van der Waals surface area contributed by atoms with E-state index in [1.54, 1.807) is 11.3 Å². The minimum absolute atomic E-state index is 0.176. The van der Waals surface area contributed by atoms with Gasteiger partial charge in [-0.25, -0.2) is 4.98 Å². The molecule has 0 unspecified atom stereocenters. The molecule has 1 aliphatic heterocycles. The first kappa shape index (κ1) is 14.5. The Balaban J connectivity index is 1.79. The molecule has 1 aliphatic rings. The number of carbonyl (C=O) groups is 1. The highest BCUT2D eigenvalue weighted by molar-refractivity contribution is 7.16. The lowest BCUT2D eigenvalue weighted by Crippen LogP contribution is -2.44. The fourth-order valence-corrected chi connectivity index (χ4v) is 3.89. The minimum atomic E-state index is -0.206. The first-order valence-electron chi connectivity index (χ1n) is 7.59. The average molecular weight is 303 g/mol. The highest BCUT2D eigenvalue weighted by Gasteiger charge is 2.38. The van der Waals surface area contributed by atoms with Gasteiger partial charge in [0, 0.05) is 5.69 Å². The summed E-state index contributed by atoms with van der Waals surface area (Å²) in [6.45, 7) is 4.02. The third-order valence-corrected chi connectivity index (χ3v) is 5.15. The molecule has 4 nitrogen and oxygen atoms in total. The van der Waals surface area contributed by atoms with Gasteiger partial charge >= 0.3 is 0 Å². The Bertz CT molecular complexity index is 626. The Morgan fingerprint density at radius 2 is 2.24 bits per heavy atom. The molecular formula is C16H21N3OS. The molecule has 1 aromatic heterocycles. The highest BCUT2D eigenvalue weighted by Crippen LogP contribution is 2.35. The van der Waals surface area contributed by atoms with Gasteiger partial charge in [-0.2, -0.15) is 0 Å². The predicted molar refractivity (Wildman–Crippen MR) is 87.7 cm³/mol. The third kappa shape index (κ3) is 2.94. The van der Waals surface area contributed by atoms with Crippen LogP contribution in [0.15, 0.2) is 23.7 Å². The van der Waals surface area contributed by atoms with E-state index >= 15 is 0 Å². The van der Waals surface area contributed by atoms with Crippen LogP contribution >= 0.6 is 11.3 Å². The number of carbonyl (C=O) groups excluding carboxylic acids is 1. The molecule has 0 bridgehead atoms. The molecule has 0 spiro atoms. The number of nitrogens with zero attached hydrogens (tertiary/aromatic N) is 1. The first-order valence-corrected chi connectivity index (χ1v) is 8.47. The Kier molecular flexibility index (Phi) is 4.22. The van der Waals surface area contributed by atoms with Gasteiger partial charge in [0.1, 0.15) is 0 Å². The fraction of sp³-hybridized carbons (Fsp3) is 0.500. The molecule has 2 aromatic rings. The number of hydrogen-bond donors (Lipinski definition) is 2. The van der Waals surface area contributed by atoms with Crippen LogP contribution in [-0.2, 0) is 4.79 Å². The first-order chi connectivity index (χ1) is 10.2. The van der Waals surface area contributed by atoms with Crippen molar-refractivity contribution < 1.29 is 4.79 Å². The molecule has 3 rings (SSSR count). The topological polar surface area (TPSA) is 54.0 Å². The Morgan fingerprint density at radius 1 is 1.43 bits per heavy atom. The average Bonchev–Trinajstić information content (AvgIpc) is 2.96. The largest absolute Gasteiger partial charge is 0.326 e. The Labute approximate surface area is 129 Å². The minimum Gasteiger partial charge on any atom is -0.326 e. The molecule has 1 saturated heterocycles. The summed E-state index contributed by atoms with van der Waals surface area (Å²) < 4.78 is 1.11. The lowest BCUT2D eigenvalue weighted by atomic mass is 9.74. The predicted octanol–water partition coefficient (Wildman–Crippen LogP) is 3.40. The van der Waals surface area contributed by atoms with E-state index in [4.69, 9.17) is 0 Å². The standard InChI is InChI=1S/C16H21N3OS/c1-2-5-16(6-8-17-9-7-16)15(20)19-12-3-4-13-14(10-12)21-11-18-13/h3-4,10-11,17H,2,5-9H2,1H3,(H,19,20). The summed E-state index contributed by atoms with van der Waals surface area (Å²) in [7, 11) is 0. The van der Waals surface area contributed by atoms with E-state index in [1.807, 2.05) is 23.7 Å². The van der Waals surface area contributed by atoms with Crippen LogP contribution in [0.5, 0.6) is 0 Å². The number of thiazole rings is 1. The van der Waals surface area contributed by atoms with Crippen LogP contribution in [0, 0.1) is 5.41 Å². The van der Waals surface area contributed by atoms with E-state index in [-0.39, 0.29) is 11.3 Å². The number of rotatable bonds is 4. The van der Waals surface area contributed by atoms with Crippen LogP contribution in [0.1, 0.15) is 32.6 Å². The van der Waals surface area contributed by atoms with Crippen LogP contribution < -0.4 is 10.6 Å². The lowest BCUT2D eigenvalue weighted by Gasteiger charge is -2.36. The van der Waals surface area contributed by atoms with Gasteiger partial charge in [0.2, 0.25) is 5.91 Å². The number of nitrogens with one attached hydrogen (secondary N) is 2. The second-order valence-electron chi connectivity index (χ2n) is 5.77. The number of fused-ring (bicyclic) bond motifs is 1. The fourth-order valence-electron chi connectivity index (χ4n) is 3.17. The normalized spacial score (nSPS) is 17.8. The van der Waals surface area contributed by atoms with Crippen LogP contribution in [0.2, 0.25) is 0 Å². The molecule has 21 heavy (non-hydrogen) atoms. The summed E-state index contributed by atoms with van der Waals surface area (Å²) in [5.41, 5.74) is 3.50. The molecule has 2 heterocycles. The van der Waals surface area contributed by atoms with Crippen molar-refractivity contribution in [1.29, 1.82) is 0 Å². The Hall–Kier alpha value is -1.46. The third-order valence-electron chi connectivity index (χ3n) is 4.36. The molecule has 5 heteroatoms. The lowest BCUT2D eigenvalue weighted by molar-refractivity contribution is -0.127. The SMILES string of the molecule is CCCC1(C(=O)Nc2ccc3ncsc3c2)CCNCC1. The van der Waals surface area contributed by atoms with Gasteiger partial charge in [-0.15, -0.1) is 11.3 Å². The van der Waals surface area contributed by atoms with Gasteiger partial charge in [-0.05, 0) is 50.6 Å². The van der Waals surface area contributed by atoms with Gasteiger partial charge in [0.15, 0.2) is 0 Å². The van der Waals surface area contributed by atoms with Crippen molar-refractivity contribution in [3.63, 3.8) is 0 Å². The maximum atomic E-state index is 12.8. The summed E-state index contributed by atoms with van der Waals surface area (Å²) in [6, 6.07) is 5.93. The summed E-state index contributed by atoms with van der Waals surface area (Å²) in [5.74, 6) is 0.176. The highest BCUT2D eigenvalue weighted by atomic mass is 32.1. The van der Waals surface area contributed by atoms with Gasteiger partial charge < -0.3 is 10.6 Å². The summed E-state index contributed by atoms with van der Waals surface area (Å²) in [4.78, 5) is 17.1. The summed E-state index contributed by atoms with van der Waals surface area (Å²) in [6.07, 6.45) is 3.86. The maximum absolute atomic E-state index is 12.8. The van der Waals surface area contributed by atoms with E-state index < -0.39 is 0 Å². The summed E-state index contributed by atoms with van der Waals surface area (Å²) >= 11 is 1.60. The second kappa shape index (κ2) is 6.12. The van der Waals surface area contributed by atoms with Crippen molar-refractivity contribution in [2.45, 2.75) is 32.6 Å². The van der Waals surface area contributed by atoms with Gasteiger partial charge in [0.05, 0.1) is 21.1 Å². The van der Waals surface area contributed by atoms with Crippen LogP contribution in [-0.4, -0.2) is 24.0 Å². The quantitative estimate of drug-likeness (QED) is 0.910. The van der Waals surface area contributed by atoms with Crippen molar-refractivity contribution in [2.75, 3.05) is 18.4 Å². The monoisotopic (exact) mass is 303 g/mol. The Morgan fingerprint density at radius 3 is 3.00 bits per heavy atom. The molecule has 1 fully saturated rings. The van der Waals surface area contributed by atoms with E-state index in [9.17, 15) is 4.79 Å². The van der Waals surface area contributed by atoms with Crippen LogP contribution in [0.25, 0.3) is 10.2 Å². The second-order valence-corrected chi connectivity index (χ2v) is 6.66. The molecule has 0 atom stereocenters. The van der Waals surface area contributed by atoms with Crippen molar-refractivity contribution in [1.82, 2.24) is 10.3 Å². The molecule has 1 amide bonds. The zero-order valence-electron chi connectivity index (χ0n) is 12.3. The van der Waals surface area contributed by atoms with E-state index in [0.29, 0.717) is 0 Å². The molecule has 0 saturated carbocycles. The van der Waals surface area contributed by atoms with E-state index in [1.165, 1.54) is 0 Å². The van der Waals surface area contributed by atoms with Crippen LogP contribution in [0.4, 0.5) is 5.69 Å². The molecule has 0 radical (unpaired) electrons. The summed E-state index contributed by atoms with van der Waals surface area (Å²) in [5, 5.41) is 6.48. The van der Waals surface area contributed by atoms with Crippen LogP contribution in [0.3, 0.4) is 0 Å². The van der Waals surface area contributed by atoms with Crippen molar-refractivity contribution in [3.8, 4) is 0 Å². The number of hydrogen-bond acceptors (Lipinski definition) is 4. The smallest absolute Gasteiger partial charge is 0.230 e. The number of anilines is 1. The molecule has 0 aliphatic carbocycles. The van der Waals surface area contributed by atoms with Gasteiger partial charge in [0.25, 0.3) is 0 Å². The number of amides is 1. The number of aromatic nitrogens is 1. The van der Waals surface area contributed by atoms with Gasteiger partial charge in [-0.3, -0.25) is 4.79 Å². The van der Waals surface area contributed by atoms with Gasteiger partial charge in [-0.1, -0.05) is 13.3 Å². The van der Waals surface area contributed by atoms with Crippen molar-refractivity contribution in [2.24, 2.45) is 5.41 Å². The molecule has 112 valence electrons. The number of benzene rings is 1. The number of piperidine rings is 1. The maximum Gasteiger partial charge on any atom is 0.230 e. The molecular weight excluding hydrogens is 282 g/mol. The van der Waals surface area contributed by atoms with E-state index in [0.717, 1.165) is 54.7 Å². The van der Waals surface area contributed by atoms with Crippen molar-refractivity contribution in [3.05, 3.63) is 23.7 Å². The van der Waals surface area contributed by atoms with Crippen molar-refractivity contribution >= 4 is 33.1 Å².